The molecular formula is C16H14ClNO. The van der Waals surface area contributed by atoms with Crippen molar-refractivity contribution in [1.29, 1.82) is 0 Å². The van der Waals surface area contributed by atoms with E-state index in [0.717, 1.165) is 22.2 Å². The van der Waals surface area contributed by atoms with Crippen LogP contribution in [0.5, 0.6) is 0 Å². The van der Waals surface area contributed by atoms with Crippen LogP contribution in [0, 0.1) is 0 Å². The maximum Gasteiger partial charge on any atom is 0.127 e. The zero-order chi connectivity index (χ0) is 13.8. The van der Waals surface area contributed by atoms with Crippen molar-refractivity contribution in [2.45, 2.75) is 0 Å². The Morgan fingerprint density at radius 2 is 2.00 bits per heavy atom. The van der Waals surface area contributed by atoms with Crippen LogP contribution in [-0.2, 0) is 4.74 Å². The zero-order valence-electron chi connectivity index (χ0n) is 10.7. The fraction of sp³-hybridized carbons (Fsp3) is 0.0625. The average Bonchev–Trinajstić information content (AvgIpc) is 2.44. The van der Waals surface area contributed by atoms with Gasteiger partial charge in [-0.3, -0.25) is 0 Å². The third kappa shape index (κ3) is 2.54. The molecule has 2 nitrogen and oxygen atoms in total. The number of allylic oxidation sites excluding steroid dienone is 3. The maximum atomic E-state index is 6.29. The summed E-state index contributed by atoms with van der Waals surface area (Å²) in [6, 6.07) is 9.54. The van der Waals surface area contributed by atoms with Gasteiger partial charge in [-0.25, -0.2) is 4.98 Å². The van der Waals surface area contributed by atoms with Gasteiger partial charge < -0.3 is 4.74 Å². The highest BCUT2D eigenvalue weighted by molar-refractivity contribution is 6.35. The van der Waals surface area contributed by atoms with Gasteiger partial charge in [0, 0.05) is 11.0 Å². The Balaban J connectivity index is 2.72. The number of ether oxygens (including phenoxy) is 1. The highest BCUT2D eigenvalue weighted by Crippen LogP contribution is 2.28. The van der Waals surface area contributed by atoms with E-state index in [1.54, 1.807) is 19.3 Å². The van der Waals surface area contributed by atoms with Gasteiger partial charge >= 0.3 is 0 Å². The number of hydrogen-bond donors (Lipinski definition) is 0. The summed E-state index contributed by atoms with van der Waals surface area (Å²) in [7, 11) is 1.59. The number of aromatic nitrogens is 1. The Kier molecular flexibility index (Phi) is 4.03. The minimum Gasteiger partial charge on any atom is -0.496 e. The van der Waals surface area contributed by atoms with Crippen molar-refractivity contribution in [2.75, 3.05) is 7.11 Å². The third-order valence-corrected chi connectivity index (χ3v) is 3.13. The van der Waals surface area contributed by atoms with E-state index in [-0.39, 0.29) is 0 Å². The summed E-state index contributed by atoms with van der Waals surface area (Å²) in [6.07, 6.45) is 3.32. The van der Waals surface area contributed by atoms with Gasteiger partial charge in [-0.1, -0.05) is 49.0 Å². The average molecular weight is 272 g/mol. The second kappa shape index (κ2) is 5.72. The first kappa shape index (κ1) is 13.4. The molecule has 0 aliphatic rings. The molecule has 0 fully saturated rings. The summed E-state index contributed by atoms with van der Waals surface area (Å²) in [4.78, 5) is 4.58. The van der Waals surface area contributed by atoms with Crippen LogP contribution in [0.25, 0.3) is 16.5 Å². The van der Waals surface area contributed by atoms with Crippen molar-refractivity contribution in [3.8, 4) is 0 Å². The molecule has 3 heteroatoms. The number of benzene rings is 1. The van der Waals surface area contributed by atoms with Crippen LogP contribution in [0.3, 0.4) is 0 Å². The molecule has 0 aliphatic carbocycles. The molecule has 1 heterocycles. The summed E-state index contributed by atoms with van der Waals surface area (Å²) in [5, 5.41) is 1.58. The molecule has 2 aromatic rings. The number of nitrogens with zero attached hydrogens (tertiary/aromatic N) is 1. The number of halogens is 1. The highest BCUT2D eigenvalue weighted by atomic mass is 35.5. The molecule has 19 heavy (non-hydrogen) atoms. The lowest BCUT2D eigenvalue weighted by Gasteiger charge is -2.09. The largest absolute Gasteiger partial charge is 0.496 e. The summed E-state index contributed by atoms with van der Waals surface area (Å²) < 4.78 is 5.27. The summed E-state index contributed by atoms with van der Waals surface area (Å²) in [6.45, 7) is 7.51. The smallest absolute Gasteiger partial charge is 0.127 e. The molecule has 1 aromatic heterocycles. The first-order valence-corrected chi connectivity index (χ1v) is 6.18. The Morgan fingerprint density at radius 1 is 1.26 bits per heavy atom. The van der Waals surface area contributed by atoms with Crippen molar-refractivity contribution in [1.82, 2.24) is 4.98 Å². The molecular weight excluding hydrogens is 258 g/mol. The van der Waals surface area contributed by atoms with Gasteiger partial charge in [0.2, 0.25) is 0 Å². The lowest BCUT2D eigenvalue weighted by Crippen LogP contribution is -1.94. The lowest BCUT2D eigenvalue weighted by molar-refractivity contribution is 0.309. The van der Waals surface area contributed by atoms with E-state index < -0.39 is 0 Å². The van der Waals surface area contributed by atoms with E-state index in [0.29, 0.717) is 10.8 Å². The molecule has 0 spiro atoms. The number of methoxy groups -OCH3 is 1. The van der Waals surface area contributed by atoms with Crippen molar-refractivity contribution in [2.24, 2.45) is 0 Å². The zero-order valence-corrected chi connectivity index (χ0v) is 11.4. The van der Waals surface area contributed by atoms with E-state index >= 15 is 0 Å². The van der Waals surface area contributed by atoms with E-state index in [1.807, 2.05) is 30.3 Å². The van der Waals surface area contributed by atoms with Gasteiger partial charge in [-0.2, -0.15) is 0 Å². The highest BCUT2D eigenvalue weighted by Gasteiger charge is 2.09. The number of para-hydroxylation sites is 1. The second-order valence-electron chi connectivity index (χ2n) is 3.90. The second-order valence-corrected chi connectivity index (χ2v) is 4.30. The van der Waals surface area contributed by atoms with Gasteiger partial charge in [-0.05, 0) is 18.2 Å². The van der Waals surface area contributed by atoms with Gasteiger partial charge in [0.25, 0.3) is 0 Å². The predicted molar refractivity (Wildman–Crippen MR) is 81.1 cm³/mol. The summed E-state index contributed by atoms with van der Waals surface area (Å²) in [5.41, 5.74) is 2.32. The van der Waals surface area contributed by atoms with Crippen LogP contribution in [0.1, 0.15) is 5.69 Å². The van der Waals surface area contributed by atoms with Crippen LogP contribution in [0.4, 0.5) is 0 Å². The number of pyridine rings is 1. The molecule has 0 saturated carbocycles. The molecule has 96 valence electrons. The molecule has 0 aliphatic heterocycles. The molecule has 0 bridgehead atoms. The molecule has 0 atom stereocenters. The Bertz CT molecular complexity index is 674. The summed E-state index contributed by atoms with van der Waals surface area (Å²) in [5.74, 6) is 0.619. The Morgan fingerprint density at radius 3 is 2.63 bits per heavy atom. The maximum absolute atomic E-state index is 6.29. The van der Waals surface area contributed by atoms with Crippen LogP contribution >= 0.6 is 11.6 Å². The SMILES string of the molecule is C=C/C(OC)=C(\C=C)c1cc(Cl)c2ccccc2n1. The van der Waals surface area contributed by atoms with Gasteiger partial charge in [0.05, 0.1) is 23.3 Å². The van der Waals surface area contributed by atoms with Gasteiger partial charge in [0.15, 0.2) is 0 Å². The van der Waals surface area contributed by atoms with E-state index in [1.165, 1.54) is 0 Å². The van der Waals surface area contributed by atoms with E-state index in [9.17, 15) is 0 Å². The normalized spacial score (nSPS) is 11.9. The molecule has 0 radical (unpaired) electrons. The Hall–Kier alpha value is -2.06. The van der Waals surface area contributed by atoms with Crippen LogP contribution < -0.4 is 0 Å². The number of rotatable bonds is 4. The molecule has 0 saturated heterocycles. The third-order valence-electron chi connectivity index (χ3n) is 2.82. The minimum absolute atomic E-state index is 0.619. The number of fused-ring (bicyclic) bond motifs is 1. The first-order chi connectivity index (χ1) is 9.21. The molecule has 0 N–H and O–H groups in total. The Labute approximate surface area is 117 Å². The van der Waals surface area contributed by atoms with Crippen LogP contribution in [-0.4, -0.2) is 12.1 Å². The first-order valence-electron chi connectivity index (χ1n) is 5.80. The molecule has 0 amide bonds. The standard InChI is InChI=1S/C16H14ClNO/c1-4-11(16(5-2)19-3)15-10-13(17)12-8-6-7-9-14(12)18-15/h4-10H,1-2H2,3H3/b16-11-. The molecule has 1 aromatic carbocycles. The molecule has 2 rings (SSSR count). The monoisotopic (exact) mass is 271 g/mol. The van der Waals surface area contributed by atoms with Crippen molar-refractivity contribution < 1.29 is 4.74 Å². The van der Waals surface area contributed by atoms with Crippen molar-refractivity contribution in [3.05, 3.63) is 72.1 Å². The quantitative estimate of drug-likeness (QED) is 0.598. The topological polar surface area (TPSA) is 22.1 Å². The van der Waals surface area contributed by atoms with E-state index in [4.69, 9.17) is 16.3 Å². The van der Waals surface area contributed by atoms with Gasteiger partial charge in [-0.15, -0.1) is 0 Å². The molecule has 0 unspecified atom stereocenters. The predicted octanol–water partition coefficient (Wildman–Crippen LogP) is 4.62. The van der Waals surface area contributed by atoms with Crippen molar-refractivity contribution in [3.63, 3.8) is 0 Å². The minimum atomic E-state index is 0.619. The van der Waals surface area contributed by atoms with Crippen LogP contribution in [0.15, 0.2) is 61.4 Å². The fourth-order valence-corrected chi connectivity index (χ4v) is 2.17. The summed E-state index contributed by atoms with van der Waals surface area (Å²) >= 11 is 6.29. The van der Waals surface area contributed by atoms with Gasteiger partial charge in [0.1, 0.15) is 5.76 Å². The lowest BCUT2D eigenvalue weighted by atomic mass is 10.1. The fourth-order valence-electron chi connectivity index (χ4n) is 1.91. The van der Waals surface area contributed by atoms with Crippen molar-refractivity contribution >= 4 is 28.1 Å². The van der Waals surface area contributed by atoms with E-state index in [2.05, 4.69) is 18.1 Å². The van der Waals surface area contributed by atoms with Crippen LogP contribution in [0.2, 0.25) is 5.02 Å². The number of hydrogen-bond acceptors (Lipinski definition) is 2.